The molecule has 11 rings (SSSR count). The van der Waals surface area contributed by atoms with Gasteiger partial charge in [-0.1, -0.05) is 23.8 Å². The molecule has 28 heteroatoms. The van der Waals surface area contributed by atoms with Gasteiger partial charge in [0.1, 0.15) is 23.3 Å². The lowest BCUT2D eigenvalue weighted by molar-refractivity contribution is -0.0938. The average molecular weight is 1220 g/mol. The maximum Gasteiger partial charge on any atom is 0.495 e. The van der Waals surface area contributed by atoms with E-state index in [1.54, 1.807) is 35.6 Å². The predicted octanol–water partition coefficient (Wildman–Crippen LogP) is 10.5. The number of hydrogen-bond acceptors (Lipinski definition) is 12. The van der Waals surface area contributed by atoms with Crippen molar-refractivity contribution < 1.29 is 63.5 Å². The zero-order chi connectivity index (χ0) is 62.0. The number of urea groups is 2. The largest absolute Gasteiger partial charge is 0.495 e. The first-order valence-corrected chi connectivity index (χ1v) is 27.9. The number of halogens is 9. The van der Waals surface area contributed by atoms with Crippen LogP contribution in [-0.4, -0.2) is 161 Å². The molecule has 5 aliphatic heterocycles. The van der Waals surface area contributed by atoms with Gasteiger partial charge in [-0.05, 0) is 130 Å². The van der Waals surface area contributed by atoms with Crippen LogP contribution in [0.3, 0.4) is 0 Å². The lowest BCUT2D eigenvalue weighted by Crippen LogP contribution is -2.41. The summed E-state index contributed by atoms with van der Waals surface area (Å²) < 4.78 is 133. The number of rotatable bonds is 8. The molecule has 4 aromatic heterocycles. The smallest absolute Gasteiger partial charge is 0.399 e. The van der Waals surface area contributed by atoms with E-state index < -0.39 is 78.6 Å². The summed E-state index contributed by atoms with van der Waals surface area (Å²) in [7, 11) is 2.94. The number of pyridine rings is 2. The number of ether oxygens (including phenoxy) is 2. The Hall–Kier alpha value is -7.59. The van der Waals surface area contributed by atoms with Crippen LogP contribution in [0.15, 0.2) is 96.4 Å². The molecule has 2 N–H and O–H groups in total. The van der Waals surface area contributed by atoms with Crippen molar-refractivity contribution in [2.75, 3.05) is 99.2 Å². The fourth-order valence-corrected chi connectivity index (χ4v) is 10.1. The molecule has 0 bridgehead atoms. The highest BCUT2D eigenvalue weighted by Gasteiger charge is 2.52. The summed E-state index contributed by atoms with van der Waals surface area (Å²) in [5, 5.41) is 13.9. The number of aryl methyl sites for hydroxylation is 4. The minimum absolute atomic E-state index is 0.122. The normalized spacial score (nSPS) is 17.6. The number of alkyl halides is 6. The SMILES string of the molecule is Cc1cc(F)c(NC(=O)N2CC=C(C(F)(F)F)C2)cc1-c1cc(-c2ccnn2C)nc(N2CCOCC2)c1.Cc1cc(F)c(NC(=O)N2CC=C(C(F)(F)F)C2)cc1B1OC(C)(C)C(C)(C)O1.Cn1nccc1-c1cc(Cl)cc(N2CCOCC2)n1. The van der Waals surface area contributed by atoms with E-state index in [0.717, 1.165) is 82.5 Å². The Labute approximate surface area is 496 Å². The molecule has 9 heterocycles. The molecule has 3 saturated heterocycles. The number of amides is 4. The van der Waals surface area contributed by atoms with Crippen molar-refractivity contribution in [3.8, 4) is 33.9 Å². The third-order valence-electron chi connectivity index (χ3n) is 15.5. The second kappa shape index (κ2) is 25.4. The molecule has 6 aromatic rings. The first kappa shape index (κ1) is 62.9. The molecule has 458 valence electrons. The highest BCUT2D eigenvalue weighted by atomic mass is 35.5. The molecule has 4 amide bonds. The lowest BCUT2D eigenvalue weighted by Gasteiger charge is -2.32. The second-order valence-corrected chi connectivity index (χ2v) is 22.4. The number of anilines is 4. The Morgan fingerprint density at radius 2 is 1.06 bits per heavy atom. The van der Waals surface area contributed by atoms with Gasteiger partial charge in [0.05, 0.1) is 96.0 Å². The number of nitrogens with zero attached hydrogens (tertiary/aromatic N) is 10. The van der Waals surface area contributed by atoms with Gasteiger partial charge in [-0.2, -0.15) is 36.5 Å². The van der Waals surface area contributed by atoms with Crippen molar-refractivity contribution in [2.45, 2.75) is 65.1 Å². The molecular weight excluding hydrogens is 1160 g/mol. The van der Waals surface area contributed by atoms with Crippen LogP contribution in [0.2, 0.25) is 5.02 Å². The van der Waals surface area contributed by atoms with Crippen LogP contribution >= 0.6 is 11.6 Å². The van der Waals surface area contributed by atoms with Crippen molar-refractivity contribution in [3.63, 3.8) is 0 Å². The van der Waals surface area contributed by atoms with Gasteiger partial charge < -0.3 is 49.0 Å². The van der Waals surface area contributed by atoms with Crippen molar-refractivity contribution in [1.29, 1.82) is 0 Å². The summed E-state index contributed by atoms with van der Waals surface area (Å²) in [6, 6.07) is 15.1. The average Bonchev–Trinajstić information content (AvgIpc) is 1.92. The number of hydrogen-bond donors (Lipinski definition) is 2. The number of aromatic nitrogens is 6. The molecule has 0 radical (unpaired) electrons. The van der Waals surface area contributed by atoms with Gasteiger partial charge in [-0.15, -0.1) is 0 Å². The molecule has 86 heavy (non-hydrogen) atoms. The van der Waals surface area contributed by atoms with Crippen LogP contribution in [0, 0.1) is 25.5 Å². The van der Waals surface area contributed by atoms with Crippen molar-refractivity contribution >= 4 is 59.3 Å². The van der Waals surface area contributed by atoms with E-state index in [-0.39, 0.29) is 24.5 Å². The van der Waals surface area contributed by atoms with Crippen molar-refractivity contribution in [2.24, 2.45) is 14.1 Å². The topological polar surface area (TPSA) is 170 Å². The van der Waals surface area contributed by atoms with Crippen molar-refractivity contribution in [3.05, 3.63) is 124 Å². The number of carbonyl (C=O) groups is 2. The maximum atomic E-state index is 14.9. The molecule has 0 spiro atoms. The van der Waals surface area contributed by atoms with E-state index >= 15 is 0 Å². The van der Waals surface area contributed by atoms with Crippen LogP contribution in [-0.2, 0) is 32.9 Å². The number of carbonyl (C=O) groups excluding carboxylic acids is 2. The third kappa shape index (κ3) is 14.5. The van der Waals surface area contributed by atoms with Gasteiger partial charge in [0.15, 0.2) is 0 Å². The van der Waals surface area contributed by atoms with E-state index in [4.69, 9.17) is 35.4 Å². The Morgan fingerprint density at radius 3 is 1.50 bits per heavy atom. The van der Waals surface area contributed by atoms with Gasteiger partial charge in [-0.3, -0.25) is 9.36 Å². The molecule has 0 unspecified atom stereocenters. The van der Waals surface area contributed by atoms with E-state index in [1.807, 2.05) is 78.2 Å². The standard InChI is InChI=1S/C26H26F4N6O2.C19H23BF4N2O3.C13H15ClN4O/c1-16-11-20(27)21(33-25(37)36-6-4-18(15-36)26(28,29)30)14-19(16)17-12-22(23-3-5-31-34(23)2)32-24(13-17)35-7-9-38-10-8-35;1-11-8-14(21)15(9-13(11)20-28-17(2,3)18(4,5)29-20)25-16(27)26-7-6-12(10-26)19(22,23)24;1-17-12(2-3-15-17)11-8-10(14)9-13(16-11)18-4-6-19-7-5-18/h3-5,11-14H,6-10,15H2,1-2H3,(H,33,37);6,8-9H,7,10H2,1-5H3,(H,25,27);2-3,8-9H,4-7H2,1H3. The van der Waals surface area contributed by atoms with Crippen molar-refractivity contribution in [1.82, 2.24) is 39.3 Å². The van der Waals surface area contributed by atoms with E-state index in [0.29, 0.717) is 59.2 Å². The number of benzene rings is 2. The summed E-state index contributed by atoms with van der Waals surface area (Å²) in [6.45, 7) is 15.0. The van der Waals surface area contributed by atoms with Crippen LogP contribution in [0.5, 0.6) is 0 Å². The van der Waals surface area contributed by atoms with E-state index in [2.05, 4.69) is 35.6 Å². The zero-order valence-corrected chi connectivity index (χ0v) is 49.2. The second-order valence-electron chi connectivity index (χ2n) is 22.0. The Bertz CT molecular complexity index is 3530. The van der Waals surface area contributed by atoms with Crippen LogP contribution in [0.25, 0.3) is 33.9 Å². The molecule has 2 aromatic carbocycles. The molecule has 0 saturated carbocycles. The molecular formula is C58H64BClF8N12O6. The minimum atomic E-state index is -4.51. The van der Waals surface area contributed by atoms with Gasteiger partial charge in [0.25, 0.3) is 0 Å². The fourth-order valence-electron chi connectivity index (χ4n) is 9.88. The molecule has 0 atom stereocenters. The summed E-state index contributed by atoms with van der Waals surface area (Å²) in [4.78, 5) is 40.8. The summed E-state index contributed by atoms with van der Waals surface area (Å²) in [5.74, 6) is 0.238. The van der Waals surface area contributed by atoms with Crippen LogP contribution < -0.4 is 25.9 Å². The van der Waals surface area contributed by atoms with E-state index in [9.17, 15) is 44.7 Å². The molecule has 5 aliphatic rings. The monoisotopic (exact) mass is 1220 g/mol. The summed E-state index contributed by atoms with van der Waals surface area (Å²) >= 11 is 6.21. The lowest BCUT2D eigenvalue weighted by atomic mass is 9.76. The van der Waals surface area contributed by atoms with Gasteiger partial charge in [-0.25, -0.2) is 28.3 Å². The molecule has 18 nitrogen and oxygen atoms in total. The molecule has 3 fully saturated rings. The Balaban J connectivity index is 0.000000163. The number of morpholine rings is 2. The minimum Gasteiger partial charge on any atom is -0.399 e. The molecule has 0 aliphatic carbocycles. The van der Waals surface area contributed by atoms with Gasteiger partial charge >= 0.3 is 31.5 Å². The van der Waals surface area contributed by atoms with Gasteiger partial charge in [0.2, 0.25) is 0 Å². The van der Waals surface area contributed by atoms with Crippen LogP contribution in [0.4, 0.5) is 67.7 Å². The van der Waals surface area contributed by atoms with Gasteiger partial charge in [0, 0.05) is 70.8 Å². The zero-order valence-electron chi connectivity index (χ0n) is 48.5. The first-order chi connectivity index (χ1) is 40.5. The highest BCUT2D eigenvalue weighted by molar-refractivity contribution is 6.62. The highest BCUT2D eigenvalue weighted by Crippen LogP contribution is 2.39. The summed E-state index contributed by atoms with van der Waals surface area (Å²) in [6.07, 6.45) is -3.67. The Kier molecular flexibility index (Phi) is 18.6. The third-order valence-corrected chi connectivity index (χ3v) is 15.8. The maximum absolute atomic E-state index is 14.9. The number of nitrogens with one attached hydrogen (secondary N) is 2. The first-order valence-electron chi connectivity index (χ1n) is 27.5. The fraction of sp³-hybridized carbons (Fsp3) is 0.414. The predicted molar refractivity (Wildman–Crippen MR) is 310 cm³/mol. The Morgan fingerprint density at radius 1 is 0.616 bits per heavy atom. The quantitative estimate of drug-likeness (QED) is 0.0842. The van der Waals surface area contributed by atoms with Crippen LogP contribution in [0.1, 0.15) is 38.8 Å². The summed E-state index contributed by atoms with van der Waals surface area (Å²) in [5.41, 5.74) is 3.31. The van der Waals surface area contributed by atoms with E-state index in [1.165, 1.54) is 24.3 Å².